The monoisotopic (exact) mass is 289 g/mol. The van der Waals surface area contributed by atoms with Crippen LogP contribution < -0.4 is 11.1 Å². The van der Waals surface area contributed by atoms with Crippen LogP contribution in [0.1, 0.15) is 24.0 Å². The van der Waals surface area contributed by atoms with E-state index in [1.165, 1.54) is 12.3 Å². The highest BCUT2D eigenvalue weighted by atomic mass is 19.1. The van der Waals surface area contributed by atoms with E-state index in [0.29, 0.717) is 13.2 Å². The number of nitrogens with zero attached hydrogens (tertiary/aromatic N) is 1. The highest BCUT2D eigenvalue weighted by Crippen LogP contribution is 2.45. The molecule has 1 saturated heterocycles. The lowest BCUT2D eigenvalue weighted by Crippen LogP contribution is -2.31. The Bertz CT molecular complexity index is 589. The highest BCUT2D eigenvalue weighted by molar-refractivity contribution is 6.09. The smallest absolute Gasteiger partial charge is 0.124 e. The summed E-state index contributed by atoms with van der Waals surface area (Å²) in [5.41, 5.74) is 8.08. The van der Waals surface area contributed by atoms with Gasteiger partial charge in [-0.05, 0) is 49.2 Å². The van der Waals surface area contributed by atoms with E-state index in [1.54, 1.807) is 12.3 Å². The zero-order valence-electron chi connectivity index (χ0n) is 12.1. The van der Waals surface area contributed by atoms with Gasteiger partial charge in [-0.3, -0.25) is 4.99 Å². The van der Waals surface area contributed by atoms with Crippen LogP contribution >= 0.6 is 0 Å². The van der Waals surface area contributed by atoms with Gasteiger partial charge >= 0.3 is 0 Å². The molecule has 1 aliphatic heterocycles. The second-order valence-corrected chi connectivity index (χ2v) is 5.65. The van der Waals surface area contributed by atoms with Crippen molar-refractivity contribution >= 4 is 11.8 Å². The Labute approximate surface area is 123 Å². The third-order valence-electron chi connectivity index (χ3n) is 4.24. The molecule has 5 heteroatoms. The maximum Gasteiger partial charge on any atom is 0.124 e. The number of ether oxygens (including phenoxy) is 1. The van der Waals surface area contributed by atoms with Crippen LogP contribution in [0.2, 0.25) is 0 Å². The highest BCUT2D eigenvalue weighted by Gasteiger charge is 2.43. The molecule has 0 amide bonds. The molecule has 1 heterocycles. The third-order valence-corrected chi connectivity index (χ3v) is 4.24. The largest absolute Gasteiger partial charge is 0.404 e. The summed E-state index contributed by atoms with van der Waals surface area (Å²) >= 11 is 0. The fourth-order valence-electron chi connectivity index (χ4n) is 2.55. The summed E-state index contributed by atoms with van der Waals surface area (Å²) < 4.78 is 19.0. The third kappa shape index (κ3) is 2.84. The van der Waals surface area contributed by atoms with Gasteiger partial charge in [0.05, 0.1) is 19.3 Å². The van der Waals surface area contributed by atoms with Gasteiger partial charge in [0.1, 0.15) is 5.82 Å². The van der Waals surface area contributed by atoms with E-state index in [9.17, 15) is 4.39 Å². The van der Waals surface area contributed by atoms with Crippen LogP contribution in [-0.4, -0.2) is 32.5 Å². The summed E-state index contributed by atoms with van der Waals surface area (Å²) in [6, 6.07) is 5.28. The van der Waals surface area contributed by atoms with Gasteiger partial charge in [0.2, 0.25) is 0 Å². The lowest BCUT2D eigenvalue weighted by Gasteiger charge is -2.21. The van der Waals surface area contributed by atoms with Crippen LogP contribution in [0.5, 0.6) is 0 Å². The maximum absolute atomic E-state index is 13.9. The van der Waals surface area contributed by atoms with E-state index < -0.39 is 0 Å². The zero-order valence-corrected chi connectivity index (χ0v) is 12.1. The van der Waals surface area contributed by atoms with Crippen molar-refractivity contribution in [2.24, 2.45) is 10.7 Å². The molecule has 0 atom stereocenters. The van der Waals surface area contributed by atoms with Crippen molar-refractivity contribution < 1.29 is 9.13 Å². The van der Waals surface area contributed by atoms with E-state index in [1.807, 2.05) is 13.1 Å². The van der Waals surface area contributed by atoms with Crippen LogP contribution in [-0.2, 0) is 10.3 Å². The van der Waals surface area contributed by atoms with Gasteiger partial charge in [0.15, 0.2) is 0 Å². The van der Waals surface area contributed by atoms with E-state index in [-0.39, 0.29) is 17.4 Å². The first-order valence-electron chi connectivity index (χ1n) is 7.20. The second kappa shape index (κ2) is 5.58. The number of allylic oxidation sites excluding steroid dienone is 1. The van der Waals surface area contributed by atoms with Crippen LogP contribution in [0.3, 0.4) is 0 Å². The first-order chi connectivity index (χ1) is 10.2. The molecule has 0 bridgehead atoms. The summed E-state index contributed by atoms with van der Waals surface area (Å²) in [5, 5.41) is 3.28. The van der Waals surface area contributed by atoms with Gasteiger partial charge in [0.25, 0.3) is 0 Å². The van der Waals surface area contributed by atoms with Gasteiger partial charge in [0, 0.05) is 23.5 Å². The predicted octanol–water partition coefficient (Wildman–Crippen LogP) is 1.80. The molecule has 1 saturated carbocycles. The van der Waals surface area contributed by atoms with Crippen LogP contribution in [0.25, 0.3) is 5.57 Å². The standard InChI is InChI=1S/C16H20FN3O/c1-19-16(2-3-16)13-4-11(5-14(17)6-13)12(7-18)8-20-15-9-21-10-15/h4-8,15,19H,2-3,9-10,18H2,1H3/b12-7+,20-8?. The van der Waals surface area contributed by atoms with Crippen molar-refractivity contribution in [3.63, 3.8) is 0 Å². The van der Waals surface area contributed by atoms with Gasteiger partial charge in [-0.15, -0.1) is 0 Å². The van der Waals surface area contributed by atoms with Crippen molar-refractivity contribution in [2.45, 2.75) is 24.4 Å². The Morgan fingerprint density at radius 1 is 1.43 bits per heavy atom. The molecular formula is C16H20FN3O. The molecule has 1 aromatic carbocycles. The SMILES string of the molecule is CNC1(c2cc(F)cc(/C(C=NC3COC3)=C/N)c2)CC1. The molecule has 0 spiro atoms. The molecule has 0 radical (unpaired) electrons. The van der Waals surface area contributed by atoms with Gasteiger partial charge in [-0.25, -0.2) is 4.39 Å². The number of nitrogens with one attached hydrogen (secondary N) is 1. The van der Waals surface area contributed by atoms with E-state index in [2.05, 4.69) is 10.3 Å². The van der Waals surface area contributed by atoms with Gasteiger partial charge in [-0.1, -0.05) is 0 Å². The van der Waals surface area contributed by atoms with Gasteiger partial charge in [-0.2, -0.15) is 0 Å². The number of hydrogen-bond donors (Lipinski definition) is 2. The van der Waals surface area contributed by atoms with Crippen LogP contribution in [0.15, 0.2) is 29.4 Å². The van der Waals surface area contributed by atoms with E-state index in [0.717, 1.165) is 29.5 Å². The number of rotatable bonds is 5. The quantitative estimate of drug-likeness (QED) is 0.813. The fourth-order valence-corrected chi connectivity index (χ4v) is 2.55. The summed E-state index contributed by atoms with van der Waals surface area (Å²) in [5.74, 6) is -0.247. The first kappa shape index (κ1) is 14.2. The summed E-state index contributed by atoms with van der Waals surface area (Å²) in [7, 11) is 1.91. The normalized spacial score (nSPS) is 21.5. The molecule has 4 nitrogen and oxygen atoms in total. The van der Waals surface area contributed by atoms with Crippen LogP contribution in [0.4, 0.5) is 4.39 Å². The summed E-state index contributed by atoms with van der Waals surface area (Å²) in [6.07, 6.45) is 5.24. The van der Waals surface area contributed by atoms with Crippen molar-refractivity contribution in [3.8, 4) is 0 Å². The maximum atomic E-state index is 13.9. The topological polar surface area (TPSA) is 59.6 Å². The fraction of sp³-hybridized carbons (Fsp3) is 0.438. The van der Waals surface area contributed by atoms with Crippen molar-refractivity contribution in [1.29, 1.82) is 0 Å². The molecule has 3 rings (SSSR count). The zero-order chi connectivity index (χ0) is 14.9. The Hall–Kier alpha value is -1.72. The molecular weight excluding hydrogens is 269 g/mol. The predicted molar refractivity (Wildman–Crippen MR) is 81.6 cm³/mol. The van der Waals surface area contributed by atoms with Gasteiger partial charge < -0.3 is 15.8 Å². The van der Waals surface area contributed by atoms with Crippen molar-refractivity contribution in [3.05, 3.63) is 41.3 Å². The molecule has 1 aliphatic carbocycles. The minimum atomic E-state index is -0.247. The molecule has 0 unspecified atom stereocenters. The Morgan fingerprint density at radius 2 is 2.19 bits per heavy atom. The average Bonchev–Trinajstić information content (AvgIpc) is 3.22. The number of halogens is 1. The van der Waals surface area contributed by atoms with E-state index in [4.69, 9.17) is 10.5 Å². The molecule has 1 aromatic rings. The molecule has 0 aromatic heterocycles. The lowest BCUT2D eigenvalue weighted by atomic mass is 9.98. The molecule has 2 fully saturated rings. The Balaban J connectivity index is 1.88. The van der Waals surface area contributed by atoms with Crippen molar-refractivity contribution in [1.82, 2.24) is 5.32 Å². The minimum absolute atomic E-state index is 0.0739. The summed E-state index contributed by atoms with van der Waals surface area (Å²) in [6.45, 7) is 1.29. The summed E-state index contributed by atoms with van der Waals surface area (Å²) in [4.78, 5) is 4.40. The number of aliphatic imine (C=N–C) groups is 1. The lowest BCUT2D eigenvalue weighted by molar-refractivity contribution is 0.0136. The average molecular weight is 289 g/mol. The Kier molecular flexibility index (Phi) is 3.78. The number of hydrogen-bond acceptors (Lipinski definition) is 4. The Morgan fingerprint density at radius 3 is 2.71 bits per heavy atom. The second-order valence-electron chi connectivity index (χ2n) is 5.65. The van der Waals surface area contributed by atoms with Crippen LogP contribution in [0, 0.1) is 5.82 Å². The molecule has 21 heavy (non-hydrogen) atoms. The molecule has 3 N–H and O–H groups in total. The van der Waals surface area contributed by atoms with Crippen molar-refractivity contribution in [2.75, 3.05) is 20.3 Å². The molecule has 112 valence electrons. The first-order valence-corrected chi connectivity index (χ1v) is 7.20. The number of nitrogens with two attached hydrogens (primary N) is 1. The minimum Gasteiger partial charge on any atom is -0.404 e. The van der Waals surface area contributed by atoms with E-state index >= 15 is 0 Å². The number of benzene rings is 1. The molecule has 2 aliphatic rings.